The number of sulfonamides is 1. The van der Waals surface area contributed by atoms with Crippen LogP contribution in [0.25, 0.3) is 0 Å². The van der Waals surface area contributed by atoms with Crippen LogP contribution in [0.3, 0.4) is 0 Å². The van der Waals surface area contributed by atoms with Crippen molar-refractivity contribution in [3.05, 3.63) is 0 Å². The molecule has 1 aliphatic rings. The second-order valence-corrected chi connectivity index (χ2v) is 5.97. The summed E-state index contributed by atoms with van der Waals surface area (Å²) in [6.45, 7) is 3.66. The number of rotatable bonds is 5. The lowest BCUT2D eigenvalue weighted by Crippen LogP contribution is -2.31. The van der Waals surface area contributed by atoms with Crippen molar-refractivity contribution < 1.29 is 8.42 Å². The van der Waals surface area contributed by atoms with Gasteiger partial charge in [0.25, 0.3) is 0 Å². The monoisotopic (exact) mass is 220 g/mol. The molecule has 1 aliphatic carbocycles. The van der Waals surface area contributed by atoms with E-state index in [1.165, 1.54) is 19.3 Å². The molecule has 0 heterocycles. The van der Waals surface area contributed by atoms with Gasteiger partial charge in [-0.3, -0.25) is 0 Å². The Bertz CT molecular complexity index is 264. The molecule has 0 amide bonds. The van der Waals surface area contributed by atoms with Crippen molar-refractivity contribution >= 4 is 10.0 Å². The molecule has 4 nitrogen and oxygen atoms in total. The molecule has 0 spiro atoms. The zero-order valence-electron chi connectivity index (χ0n) is 8.70. The highest BCUT2D eigenvalue weighted by molar-refractivity contribution is 7.89. The Morgan fingerprint density at radius 2 is 2.14 bits per heavy atom. The van der Waals surface area contributed by atoms with Gasteiger partial charge in [0, 0.05) is 6.54 Å². The molecular weight excluding hydrogens is 200 g/mol. The van der Waals surface area contributed by atoms with Crippen molar-refractivity contribution in [1.29, 1.82) is 0 Å². The molecule has 2 unspecified atom stereocenters. The maximum atomic E-state index is 10.6. The lowest BCUT2D eigenvalue weighted by atomic mass is 9.98. The molecule has 0 aliphatic heterocycles. The Hall–Kier alpha value is -0.130. The molecule has 2 atom stereocenters. The molecule has 3 N–H and O–H groups in total. The van der Waals surface area contributed by atoms with E-state index < -0.39 is 10.0 Å². The SMILES string of the molecule is CC1CCCC1CNCCS(N)(=O)=O. The van der Waals surface area contributed by atoms with E-state index in [1.54, 1.807) is 0 Å². The summed E-state index contributed by atoms with van der Waals surface area (Å²) in [6, 6.07) is 0. The van der Waals surface area contributed by atoms with E-state index >= 15 is 0 Å². The van der Waals surface area contributed by atoms with Crippen LogP contribution in [0.5, 0.6) is 0 Å². The van der Waals surface area contributed by atoms with Crippen molar-refractivity contribution in [2.75, 3.05) is 18.8 Å². The molecule has 1 rings (SSSR count). The van der Waals surface area contributed by atoms with Gasteiger partial charge in [-0.25, -0.2) is 13.6 Å². The van der Waals surface area contributed by atoms with Gasteiger partial charge in [0.2, 0.25) is 10.0 Å². The topological polar surface area (TPSA) is 72.2 Å². The summed E-state index contributed by atoms with van der Waals surface area (Å²) in [5.41, 5.74) is 0. The van der Waals surface area contributed by atoms with Crippen molar-refractivity contribution in [2.45, 2.75) is 26.2 Å². The van der Waals surface area contributed by atoms with Crippen LogP contribution in [0.4, 0.5) is 0 Å². The Morgan fingerprint density at radius 1 is 1.43 bits per heavy atom. The van der Waals surface area contributed by atoms with E-state index in [0.717, 1.165) is 18.4 Å². The van der Waals surface area contributed by atoms with Crippen molar-refractivity contribution in [1.82, 2.24) is 5.32 Å². The van der Waals surface area contributed by atoms with Crippen LogP contribution in [0, 0.1) is 11.8 Å². The number of primary sulfonamides is 1. The number of nitrogens with two attached hydrogens (primary N) is 1. The second kappa shape index (κ2) is 5.09. The highest BCUT2D eigenvalue weighted by Gasteiger charge is 2.22. The van der Waals surface area contributed by atoms with Crippen LogP contribution in [-0.2, 0) is 10.0 Å². The third-order valence-electron chi connectivity index (χ3n) is 3.01. The molecule has 1 saturated carbocycles. The lowest BCUT2D eigenvalue weighted by Gasteiger charge is -2.15. The van der Waals surface area contributed by atoms with Gasteiger partial charge in [-0.15, -0.1) is 0 Å². The molecule has 0 aromatic rings. The smallest absolute Gasteiger partial charge is 0.210 e. The zero-order valence-corrected chi connectivity index (χ0v) is 9.52. The van der Waals surface area contributed by atoms with E-state index in [1.807, 2.05) is 0 Å². The summed E-state index contributed by atoms with van der Waals surface area (Å²) in [7, 11) is -3.30. The third kappa shape index (κ3) is 4.39. The predicted octanol–water partition coefficient (Wildman–Crippen LogP) is 0.301. The van der Waals surface area contributed by atoms with Gasteiger partial charge in [0.1, 0.15) is 0 Å². The van der Waals surface area contributed by atoms with Crippen LogP contribution in [0.15, 0.2) is 0 Å². The highest BCUT2D eigenvalue weighted by atomic mass is 32.2. The van der Waals surface area contributed by atoms with Crippen LogP contribution in [0.1, 0.15) is 26.2 Å². The quantitative estimate of drug-likeness (QED) is 0.655. The first kappa shape index (κ1) is 11.9. The Labute approximate surface area is 86.3 Å². The predicted molar refractivity (Wildman–Crippen MR) is 57.3 cm³/mol. The second-order valence-electron chi connectivity index (χ2n) is 4.24. The van der Waals surface area contributed by atoms with Gasteiger partial charge in [-0.05, 0) is 24.8 Å². The molecule has 0 bridgehead atoms. The molecule has 0 aromatic heterocycles. The first-order valence-corrected chi connectivity index (χ1v) is 6.92. The number of hydrogen-bond donors (Lipinski definition) is 2. The average molecular weight is 220 g/mol. The third-order valence-corrected chi connectivity index (χ3v) is 3.78. The molecule has 1 fully saturated rings. The fraction of sp³-hybridized carbons (Fsp3) is 1.00. The maximum absolute atomic E-state index is 10.6. The van der Waals surface area contributed by atoms with E-state index in [-0.39, 0.29) is 5.75 Å². The van der Waals surface area contributed by atoms with E-state index in [0.29, 0.717) is 6.54 Å². The molecule has 0 radical (unpaired) electrons. The molecular formula is C9H20N2O2S. The summed E-state index contributed by atoms with van der Waals surface area (Å²) in [5.74, 6) is 1.53. The van der Waals surface area contributed by atoms with Gasteiger partial charge >= 0.3 is 0 Å². The summed E-state index contributed by atoms with van der Waals surface area (Å²) in [6.07, 6.45) is 3.88. The Kier molecular flexibility index (Phi) is 4.34. The van der Waals surface area contributed by atoms with Gasteiger partial charge in [-0.1, -0.05) is 19.8 Å². The average Bonchev–Trinajstić information content (AvgIpc) is 2.44. The number of hydrogen-bond acceptors (Lipinski definition) is 3. The summed E-state index contributed by atoms with van der Waals surface area (Å²) < 4.78 is 21.3. The van der Waals surface area contributed by atoms with Crippen LogP contribution >= 0.6 is 0 Å². The van der Waals surface area contributed by atoms with Crippen LogP contribution in [0.2, 0.25) is 0 Å². The fourth-order valence-electron chi connectivity index (χ4n) is 2.03. The van der Waals surface area contributed by atoms with Gasteiger partial charge < -0.3 is 5.32 Å². The summed E-state index contributed by atoms with van der Waals surface area (Å²) >= 11 is 0. The first-order chi connectivity index (χ1) is 6.49. The highest BCUT2D eigenvalue weighted by Crippen LogP contribution is 2.30. The molecule has 84 valence electrons. The van der Waals surface area contributed by atoms with Crippen molar-refractivity contribution in [2.24, 2.45) is 17.0 Å². The van der Waals surface area contributed by atoms with E-state index in [9.17, 15) is 8.42 Å². The van der Waals surface area contributed by atoms with Crippen molar-refractivity contribution in [3.63, 3.8) is 0 Å². The Balaban J connectivity index is 2.09. The standard InChI is InChI=1S/C9H20N2O2S/c1-8-3-2-4-9(8)7-11-5-6-14(10,12)13/h8-9,11H,2-7H2,1H3,(H2,10,12,13). The summed E-state index contributed by atoms with van der Waals surface area (Å²) in [4.78, 5) is 0. The maximum Gasteiger partial charge on any atom is 0.210 e. The lowest BCUT2D eigenvalue weighted by molar-refractivity contribution is 0.396. The minimum atomic E-state index is -3.30. The molecule has 0 saturated heterocycles. The minimum Gasteiger partial charge on any atom is -0.315 e. The zero-order chi connectivity index (χ0) is 10.6. The number of nitrogens with one attached hydrogen (secondary N) is 1. The van der Waals surface area contributed by atoms with Gasteiger partial charge in [0.15, 0.2) is 0 Å². The van der Waals surface area contributed by atoms with E-state index in [2.05, 4.69) is 12.2 Å². The van der Waals surface area contributed by atoms with E-state index in [4.69, 9.17) is 5.14 Å². The van der Waals surface area contributed by atoms with Crippen LogP contribution < -0.4 is 10.5 Å². The first-order valence-electron chi connectivity index (χ1n) is 5.20. The largest absolute Gasteiger partial charge is 0.315 e. The molecule has 0 aromatic carbocycles. The summed E-state index contributed by atoms with van der Waals surface area (Å²) in [5, 5.41) is 8.04. The van der Waals surface area contributed by atoms with Gasteiger partial charge in [0.05, 0.1) is 5.75 Å². The Morgan fingerprint density at radius 3 is 2.64 bits per heavy atom. The molecule has 14 heavy (non-hydrogen) atoms. The van der Waals surface area contributed by atoms with Crippen molar-refractivity contribution in [3.8, 4) is 0 Å². The fourth-order valence-corrected chi connectivity index (χ4v) is 2.46. The normalized spacial score (nSPS) is 28.1. The van der Waals surface area contributed by atoms with Gasteiger partial charge in [-0.2, -0.15) is 0 Å². The van der Waals surface area contributed by atoms with Crippen LogP contribution in [-0.4, -0.2) is 27.3 Å². The minimum absolute atomic E-state index is 0.0358. The molecule has 5 heteroatoms.